The minimum Gasteiger partial charge on any atom is -0.469 e. The first-order valence-electron chi connectivity index (χ1n) is 5.02. The molecule has 0 radical (unpaired) electrons. The van der Waals surface area contributed by atoms with Crippen LogP contribution in [0.25, 0.3) is 0 Å². The van der Waals surface area contributed by atoms with E-state index in [1.54, 1.807) is 16.8 Å². The lowest BCUT2D eigenvalue weighted by Crippen LogP contribution is -2.29. The Bertz CT molecular complexity index is 476. The minimum atomic E-state index is -0.466. The van der Waals surface area contributed by atoms with E-state index >= 15 is 0 Å². The van der Waals surface area contributed by atoms with Crippen LogP contribution < -0.4 is 5.56 Å². The summed E-state index contributed by atoms with van der Waals surface area (Å²) in [5.41, 5.74) is -0.573. The highest BCUT2D eigenvalue weighted by molar-refractivity contribution is 9.10. The van der Waals surface area contributed by atoms with E-state index in [4.69, 9.17) is 4.74 Å². The van der Waals surface area contributed by atoms with Crippen molar-refractivity contribution in [2.45, 2.75) is 19.4 Å². The number of halogens is 1. The maximum Gasteiger partial charge on any atom is 0.313 e. The fourth-order valence-electron chi connectivity index (χ4n) is 1.73. The predicted molar refractivity (Wildman–Crippen MR) is 62.1 cm³/mol. The molecule has 5 heteroatoms. The van der Waals surface area contributed by atoms with E-state index < -0.39 is 5.41 Å². The Kier molecular flexibility index (Phi) is 2.88. The van der Waals surface area contributed by atoms with Gasteiger partial charge in [-0.05, 0) is 18.9 Å². The van der Waals surface area contributed by atoms with Crippen molar-refractivity contribution in [3.63, 3.8) is 0 Å². The van der Waals surface area contributed by atoms with Gasteiger partial charge in [0.05, 0.1) is 12.5 Å². The Balaban J connectivity index is 2.22. The van der Waals surface area contributed by atoms with Gasteiger partial charge < -0.3 is 9.30 Å². The molecule has 0 saturated heterocycles. The number of carbonyl (C=O) groups excluding carboxylic acids is 1. The fraction of sp³-hybridized carbons (Fsp3) is 0.455. The zero-order valence-corrected chi connectivity index (χ0v) is 10.5. The van der Waals surface area contributed by atoms with Crippen LogP contribution in [0.5, 0.6) is 0 Å². The number of rotatable bonds is 3. The Hall–Kier alpha value is -1.10. The third-order valence-corrected chi connectivity index (χ3v) is 3.40. The van der Waals surface area contributed by atoms with Crippen LogP contribution in [0.2, 0.25) is 0 Å². The van der Waals surface area contributed by atoms with Gasteiger partial charge >= 0.3 is 5.97 Å². The highest BCUT2D eigenvalue weighted by Crippen LogP contribution is 2.47. The second-order valence-corrected chi connectivity index (χ2v) is 5.00. The normalized spacial score (nSPS) is 16.9. The van der Waals surface area contributed by atoms with Gasteiger partial charge in [0, 0.05) is 23.3 Å². The summed E-state index contributed by atoms with van der Waals surface area (Å²) in [6.45, 7) is 0.409. The minimum absolute atomic E-state index is 0.107. The molecule has 2 rings (SSSR count). The van der Waals surface area contributed by atoms with Gasteiger partial charge in [-0.15, -0.1) is 0 Å². The summed E-state index contributed by atoms with van der Waals surface area (Å²) < 4.78 is 7.05. The molecule has 0 amide bonds. The summed E-state index contributed by atoms with van der Waals surface area (Å²) in [5, 5.41) is 0. The van der Waals surface area contributed by atoms with E-state index in [2.05, 4.69) is 15.9 Å². The summed E-state index contributed by atoms with van der Waals surface area (Å²) in [4.78, 5) is 23.2. The molecular formula is C11H12BrNO3. The Morgan fingerprint density at radius 3 is 2.81 bits per heavy atom. The molecule has 1 aliphatic rings. The first-order valence-corrected chi connectivity index (χ1v) is 5.81. The molecule has 0 spiro atoms. The molecule has 0 bridgehead atoms. The van der Waals surface area contributed by atoms with Crippen LogP contribution in [0.4, 0.5) is 0 Å². The average molecular weight is 286 g/mol. The molecule has 1 aromatic rings. The van der Waals surface area contributed by atoms with Crippen molar-refractivity contribution in [2.24, 2.45) is 5.41 Å². The molecule has 86 valence electrons. The molecule has 1 aromatic heterocycles. The van der Waals surface area contributed by atoms with Gasteiger partial charge in [-0.25, -0.2) is 0 Å². The van der Waals surface area contributed by atoms with E-state index in [1.165, 1.54) is 13.2 Å². The number of pyridine rings is 1. The van der Waals surface area contributed by atoms with Crippen molar-refractivity contribution in [2.75, 3.05) is 7.11 Å². The number of hydrogen-bond donors (Lipinski definition) is 0. The van der Waals surface area contributed by atoms with Crippen molar-refractivity contribution in [1.29, 1.82) is 0 Å². The van der Waals surface area contributed by atoms with E-state index in [-0.39, 0.29) is 11.5 Å². The van der Waals surface area contributed by atoms with E-state index in [0.29, 0.717) is 6.54 Å². The van der Waals surface area contributed by atoms with Crippen LogP contribution in [0.1, 0.15) is 12.8 Å². The van der Waals surface area contributed by atoms with Gasteiger partial charge in [-0.2, -0.15) is 0 Å². The molecule has 1 aliphatic carbocycles. The maximum atomic E-state index is 11.6. The number of aromatic nitrogens is 1. The molecule has 4 nitrogen and oxygen atoms in total. The summed E-state index contributed by atoms with van der Waals surface area (Å²) in [6.07, 6.45) is 3.28. The van der Waals surface area contributed by atoms with E-state index in [1.807, 2.05) is 0 Å². The lowest BCUT2D eigenvalue weighted by atomic mass is 10.1. The van der Waals surface area contributed by atoms with E-state index in [9.17, 15) is 9.59 Å². The molecule has 1 saturated carbocycles. The molecule has 0 N–H and O–H groups in total. The number of ether oxygens (including phenoxy) is 1. The zero-order valence-electron chi connectivity index (χ0n) is 8.90. The Morgan fingerprint density at radius 2 is 2.31 bits per heavy atom. The summed E-state index contributed by atoms with van der Waals surface area (Å²) in [6, 6.07) is 3.28. The molecule has 1 heterocycles. The Labute approximate surface area is 101 Å². The van der Waals surface area contributed by atoms with Crippen LogP contribution in [-0.2, 0) is 16.1 Å². The quantitative estimate of drug-likeness (QED) is 0.792. The SMILES string of the molecule is COC(=O)C1(Cn2ccc(Br)cc2=O)CC1. The van der Waals surface area contributed by atoms with Crippen LogP contribution >= 0.6 is 15.9 Å². The van der Waals surface area contributed by atoms with Gasteiger partial charge in [0.25, 0.3) is 5.56 Å². The number of esters is 1. The second-order valence-electron chi connectivity index (χ2n) is 4.08. The average Bonchev–Trinajstić information content (AvgIpc) is 3.02. The smallest absolute Gasteiger partial charge is 0.313 e. The standard InChI is InChI=1S/C11H12BrNO3/c1-16-10(15)11(3-4-11)7-13-5-2-8(12)6-9(13)14/h2,5-6H,3-4,7H2,1H3. The van der Waals surface area contributed by atoms with Crippen molar-refractivity contribution >= 4 is 21.9 Å². The van der Waals surface area contributed by atoms with Crippen LogP contribution in [-0.4, -0.2) is 17.6 Å². The fourth-order valence-corrected chi connectivity index (χ4v) is 2.05. The van der Waals surface area contributed by atoms with Gasteiger partial charge in [0.2, 0.25) is 0 Å². The first-order chi connectivity index (χ1) is 7.57. The topological polar surface area (TPSA) is 48.3 Å². The number of hydrogen-bond acceptors (Lipinski definition) is 3. The zero-order chi connectivity index (χ0) is 11.8. The highest BCUT2D eigenvalue weighted by Gasteiger charge is 2.51. The van der Waals surface area contributed by atoms with Crippen molar-refractivity contribution in [1.82, 2.24) is 4.57 Å². The largest absolute Gasteiger partial charge is 0.469 e. The van der Waals surface area contributed by atoms with Gasteiger partial charge in [-0.1, -0.05) is 15.9 Å². The molecular weight excluding hydrogens is 274 g/mol. The first kappa shape index (κ1) is 11.4. The second kappa shape index (κ2) is 4.05. The summed E-state index contributed by atoms with van der Waals surface area (Å²) in [7, 11) is 1.38. The predicted octanol–water partition coefficient (Wildman–Crippen LogP) is 1.56. The summed E-state index contributed by atoms with van der Waals surface area (Å²) in [5.74, 6) is -0.220. The molecule has 0 aliphatic heterocycles. The van der Waals surface area contributed by atoms with Gasteiger partial charge in [-0.3, -0.25) is 9.59 Å². The van der Waals surface area contributed by atoms with Crippen LogP contribution in [0.3, 0.4) is 0 Å². The molecule has 0 aromatic carbocycles. The van der Waals surface area contributed by atoms with Crippen molar-refractivity contribution < 1.29 is 9.53 Å². The molecule has 0 unspecified atom stereocenters. The molecule has 0 atom stereocenters. The van der Waals surface area contributed by atoms with Crippen LogP contribution in [0, 0.1) is 5.41 Å². The molecule has 1 fully saturated rings. The monoisotopic (exact) mass is 285 g/mol. The number of nitrogens with zero attached hydrogens (tertiary/aromatic N) is 1. The third-order valence-electron chi connectivity index (χ3n) is 2.90. The van der Waals surface area contributed by atoms with Crippen molar-refractivity contribution in [3.8, 4) is 0 Å². The lowest BCUT2D eigenvalue weighted by Gasteiger charge is -2.14. The summed E-state index contributed by atoms with van der Waals surface area (Å²) >= 11 is 3.23. The molecule has 16 heavy (non-hydrogen) atoms. The maximum absolute atomic E-state index is 11.6. The van der Waals surface area contributed by atoms with Crippen molar-refractivity contribution in [3.05, 3.63) is 33.2 Å². The highest BCUT2D eigenvalue weighted by atomic mass is 79.9. The van der Waals surface area contributed by atoms with Gasteiger partial charge in [0.1, 0.15) is 0 Å². The van der Waals surface area contributed by atoms with Crippen LogP contribution in [0.15, 0.2) is 27.6 Å². The van der Waals surface area contributed by atoms with Gasteiger partial charge in [0.15, 0.2) is 0 Å². The Morgan fingerprint density at radius 1 is 1.62 bits per heavy atom. The third kappa shape index (κ3) is 2.04. The lowest BCUT2D eigenvalue weighted by molar-refractivity contribution is -0.147. The number of methoxy groups -OCH3 is 1. The van der Waals surface area contributed by atoms with E-state index in [0.717, 1.165) is 17.3 Å². The number of carbonyl (C=O) groups is 1.